The van der Waals surface area contributed by atoms with E-state index < -0.39 is 0 Å². The fraction of sp³-hybridized carbons (Fsp3) is 0.625. The Bertz CT molecular complexity index is 323. The average Bonchev–Trinajstić information content (AvgIpc) is 2.35. The van der Waals surface area contributed by atoms with Gasteiger partial charge in [-0.3, -0.25) is 0 Å². The smallest absolute Gasteiger partial charge is 0 e. The molecule has 0 fully saturated rings. The molecule has 1 radical (unpaired) electrons. The molecule has 0 aliphatic carbocycles. The predicted octanol–water partition coefficient (Wildman–Crippen LogP) is 4.30. The summed E-state index contributed by atoms with van der Waals surface area (Å²) < 4.78 is 0. The molecule has 0 aliphatic heterocycles. The molecule has 0 heterocycles. The van der Waals surface area contributed by atoms with E-state index in [0.717, 1.165) is 25.7 Å². The van der Waals surface area contributed by atoms with Gasteiger partial charge in [-0.2, -0.15) is 22.8 Å². The first-order valence-electron chi connectivity index (χ1n) is 6.80. The summed E-state index contributed by atoms with van der Waals surface area (Å²) in [5, 5.41) is 0. The molecular formula is C16H25Y-. The molecular weight excluding hydrogens is 281 g/mol. The molecule has 0 spiro atoms. The average molecular weight is 306 g/mol. The van der Waals surface area contributed by atoms with Crippen molar-refractivity contribution in [2.75, 3.05) is 0 Å². The van der Waals surface area contributed by atoms with Crippen molar-refractivity contribution in [3.05, 3.63) is 33.9 Å². The van der Waals surface area contributed by atoms with Crippen LogP contribution in [0.2, 0.25) is 0 Å². The topological polar surface area (TPSA) is 0 Å². The van der Waals surface area contributed by atoms with E-state index in [1.165, 1.54) is 17.5 Å². The summed E-state index contributed by atoms with van der Waals surface area (Å²) in [5.74, 6) is 0. The van der Waals surface area contributed by atoms with Crippen LogP contribution in [0.3, 0.4) is 0 Å². The molecule has 1 rings (SSSR count). The third-order valence-corrected chi connectivity index (χ3v) is 3.53. The van der Waals surface area contributed by atoms with E-state index in [0.29, 0.717) is 0 Å². The van der Waals surface area contributed by atoms with Gasteiger partial charge in [0.05, 0.1) is 0 Å². The van der Waals surface area contributed by atoms with Crippen LogP contribution in [0.25, 0.3) is 0 Å². The monoisotopic (exact) mass is 306 g/mol. The molecule has 1 aromatic carbocycles. The van der Waals surface area contributed by atoms with Crippen molar-refractivity contribution < 1.29 is 32.7 Å². The van der Waals surface area contributed by atoms with Crippen LogP contribution in [0.1, 0.15) is 62.4 Å². The van der Waals surface area contributed by atoms with E-state index in [2.05, 4.69) is 40.7 Å². The Morgan fingerprint density at radius 3 is 1.18 bits per heavy atom. The zero-order chi connectivity index (χ0) is 12.1. The van der Waals surface area contributed by atoms with E-state index in [1.807, 2.05) is 0 Å². The minimum atomic E-state index is 0. The van der Waals surface area contributed by atoms with Crippen LogP contribution in [0, 0.1) is 6.07 Å². The molecule has 1 aromatic rings. The Balaban J connectivity index is 0.00000256. The third-order valence-electron chi connectivity index (χ3n) is 3.53. The van der Waals surface area contributed by atoms with Gasteiger partial charge in [0, 0.05) is 32.7 Å². The van der Waals surface area contributed by atoms with Gasteiger partial charge >= 0.3 is 0 Å². The predicted molar refractivity (Wildman–Crippen MR) is 72.2 cm³/mol. The standard InChI is InChI=1S/C16H25.Y/c1-6-12-11-13(7-2)15(9-4)16(10-5)14(12)8-3;/h6-10H2,1-5H3;/q-1;. The first kappa shape index (κ1) is 17.3. The van der Waals surface area contributed by atoms with Crippen molar-refractivity contribution in [2.45, 2.75) is 66.7 Å². The summed E-state index contributed by atoms with van der Waals surface area (Å²) in [6, 6.07) is 3.66. The fourth-order valence-electron chi connectivity index (χ4n) is 2.76. The number of benzene rings is 1. The summed E-state index contributed by atoms with van der Waals surface area (Å²) in [6.07, 6.45) is 5.71. The Labute approximate surface area is 132 Å². The molecule has 0 bridgehead atoms. The molecule has 0 saturated heterocycles. The fourth-order valence-corrected chi connectivity index (χ4v) is 2.76. The molecule has 0 N–H and O–H groups in total. The molecule has 93 valence electrons. The van der Waals surface area contributed by atoms with E-state index in [-0.39, 0.29) is 32.7 Å². The van der Waals surface area contributed by atoms with E-state index in [4.69, 9.17) is 0 Å². The molecule has 0 nitrogen and oxygen atoms in total. The zero-order valence-corrected chi connectivity index (χ0v) is 15.0. The van der Waals surface area contributed by atoms with Gasteiger partial charge in [-0.25, -0.2) is 0 Å². The van der Waals surface area contributed by atoms with E-state index >= 15 is 0 Å². The maximum absolute atomic E-state index is 3.66. The van der Waals surface area contributed by atoms with Crippen molar-refractivity contribution in [1.82, 2.24) is 0 Å². The second kappa shape index (κ2) is 8.43. The second-order valence-electron chi connectivity index (χ2n) is 4.29. The van der Waals surface area contributed by atoms with Gasteiger partial charge in [-0.05, 0) is 0 Å². The van der Waals surface area contributed by atoms with Crippen molar-refractivity contribution in [2.24, 2.45) is 0 Å². The summed E-state index contributed by atoms with van der Waals surface area (Å²) in [5.41, 5.74) is 7.65. The molecule has 0 aromatic heterocycles. The van der Waals surface area contributed by atoms with Crippen molar-refractivity contribution in [3.63, 3.8) is 0 Å². The van der Waals surface area contributed by atoms with Crippen LogP contribution in [-0.2, 0) is 64.8 Å². The van der Waals surface area contributed by atoms with Crippen LogP contribution in [0.4, 0.5) is 0 Å². The summed E-state index contributed by atoms with van der Waals surface area (Å²) in [6.45, 7) is 11.3. The molecule has 0 aliphatic rings. The van der Waals surface area contributed by atoms with Gasteiger partial charge in [-0.1, -0.05) is 66.7 Å². The Morgan fingerprint density at radius 1 is 0.588 bits per heavy atom. The van der Waals surface area contributed by atoms with Crippen molar-refractivity contribution >= 4 is 0 Å². The summed E-state index contributed by atoms with van der Waals surface area (Å²) in [4.78, 5) is 0. The zero-order valence-electron chi connectivity index (χ0n) is 12.1. The maximum atomic E-state index is 3.66. The minimum absolute atomic E-state index is 0. The van der Waals surface area contributed by atoms with Crippen LogP contribution < -0.4 is 0 Å². The minimum Gasteiger partial charge on any atom is -0.176 e. The molecule has 0 saturated carbocycles. The van der Waals surface area contributed by atoms with Gasteiger partial charge in [0.2, 0.25) is 0 Å². The van der Waals surface area contributed by atoms with Crippen molar-refractivity contribution in [1.29, 1.82) is 0 Å². The largest absolute Gasteiger partial charge is 0.176 e. The number of rotatable bonds is 5. The maximum Gasteiger partial charge on any atom is 0 e. The second-order valence-corrected chi connectivity index (χ2v) is 4.29. The SMILES string of the molecule is CCc1[c-]c(CC)c(CC)c(CC)c1CC.[Y]. The quantitative estimate of drug-likeness (QED) is 0.712. The number of hydrogen-bond donors (Lipinski definition) is 0. The molecule has 0 amide bonds. The van der Waals surface area contributed by atoms with Gasteiger partial charge in [0.25, 0.3) is 0 Å². The van der Waals surface area contributed by atoms with E-state index in [9.17, 15) is 0 Å². The van der Waals surface area contributed by atoms with E-state index in [1.54, 1.807) is 16.7 Å². The van der Waals surface area contributed by atoms with Crippen molar-refractivity contribution in [3.8, 4) is 0 Å². The summed E-state index contributed by atoms with van der Waals surface area (Å²) in [7, 11) is 0. The van der Waals surface area contributed by atoms with Gasteiger partial charge in [-0.15, -0.1) is 11.1 Å². The first-order chi connectivity index (χ1) is 7.73. The summed E-state index contributed by atoms with van der Waals surface area (Å²) >= 11 is 0. The molecule has 1 heteroatoms. The first-order valence-corrected chi connectivity index (χ1v) is 6.80. The Morgan fingerprint density at radius 2 is 0.941 bits per heavy atom. The molecule has 17 heavy (non-hydrogen) atoms. The van der Waals surface area contributed by atoms with Gasteiger partial charge in [0.1, 0.15) is 0 Å². The normalized spacial score (nSPS) is 10.2. The molecule has 0 unspecified atom stereocenters. The van der Waals surface area contributed by atoms with Crippen LogP contribution in [-0.4, -0.2) is 0 Å². The van der Waals surface area contributed by atoms with Gasteiger partial charge in [0.15, 0.2) is 0 Å². The Hall–Kier alpha value is 0.324. The van der Waals surface area contributed by atoms with Crippen LogP contribution >= 0.6 is 0 Å². The Kier molecular flexibility index (Phi) is 8.59. The number of aryl methyl sites for hydroxylation is 2. The number of hydrogen-bond acceptors (Lipinski definition) is 0. The van der Waals surface area contributed by atoms with Gasteiger partial charge < -0.3 is 0 Å². The molecule has 0 atom stereocenters. The van der Waals surface area contributed by atoms with Crippen LogP contribution in [0.5, 0.6) is 0 Å². The third kappa shape index (κ3) is 3.64. The van der Waals surface area contributed by atoms with Crippen LogP contribution in [0.15, 0.2) is 0 Å².